The molecule has 0 aliphatic carbocycles. The van der Waals surface area contributed by atoms with Gasteiger partial charge in [-0.15, -0.1) is 0 Å². The second kappa shape index (κ2) is 22.1. The third-order valence-corrected chi connectivity index (χ3v) is 10.8. The highest BCUT2D eigenvalue weighted by Crippen LogP contribution is 2.38. The lowest BCUT2D eigenvalue weighted by Gasteiger charge is -2.25. The predicted octanol–water partition coefficient (Wildman–Crippen LogP) is 15.8. The lowest BCUT2D eigenvalue weighted by molar-refractivity contribution is 0.112. The molecule has 69 heavy (non-hydrogen) atoms. The number of nitrogens with zero attached hydrogens (tertiary/aromatic N) is 6. The molecule has 2 aromatic heterocycles. The molecule has 0 N–H and O–H groups in total. The Morgan fingerprint density at radius 3 is 1.17 bits per heavy atom. The highest BCUT2D eigenvalue weighted by molar-refractivity contribution is 5.89. The van der Waals surface area contributed by atoms with Crippen molar-refractivity contribution in [3.8, 4) is 40.9 Å². The molecule has 0 fully saturated rings. The molecule has 328 valence electrons. The van der Waals surface area contributed by atoms with Gasteiger partial charge in [0, 0.05) is 61.6 Å². The Kier molecular flexibility index (Phi) is 14.6. The van der Waals surface area contributed by atoms with Gasteiger partial charge in [0.05, 0.1) is 0 Å². The molecule has 0 saturated heterocycles. The third-order valence-electron chi connectivity index (χ3n) is 10.8. The normalized spacial score (nSPS) is 10.1. The minimum absolute atomic E-state index is 0.0139. The molecular weight excluding hydrogens is 853 g/mol. The van der Waals surface area contributed by atoms with Gasteiger partial charge in [0.25, 0.3) is 6.54 Å². The van der Waals surface area contributed by atoms with E-state index in [1.807, 2.05) is 121 Å². The van der Waals surface area contributed by atoms with Gasteiger partial charge in [-0.3, -0.25) is 4.79 Å². The van der Waals surface area contributed by atoms with Crippen LogP contribution in [0.25, 0.3) is 55.5 Å². The number of furan rings is 2. The number of benzene rings is 8. The molecule has 0 bridgehead atoms. The summed E-state index contributed by atoms with van der Waals surface area (Å²) in [4.78, 5) is 18.2. The molecule has 0 aliphatic rings. The number of fused-ring (bicyclic) bond motifs is 2. The van der Waals surface area contributed by atoms with Crippen molar-refractivity contribution in [3.63, 3.8) is 0 Å². The zero-order valence-electron chi connectivity index (χ0n) is 37.1. The van der Waals surface area contributed by atoms with E-state index in [2.05, 4.69) is 112 Å². The van der Waals surface area contributed by atoms with Gasteiger partial charge in [0.2, 0.25) is 0 Å². The summed E-state index contributed by atoms with van der Waals surface area (Å²) in [6.07, 6.45) is 2.39. The van der Waals surface area contributed by atoms with E-state index >= 15 is 0 Å². The standard InChI is InChI=1S/C30H19N3O.C27H19NO2.C3H2N2/c31-20-23(21-32)17-22-11-12-25-19-30(34-29(25)18-22)24-13-15-28(16-14-24)33(26-7-3-1-4-8-26)27-9-5-2-6-10-27;29-19-20-11-12-22-18-27(30-26(22)17-20)21-13-15-25(16-14-21)28(23-7-3-1-4-8-23)24-9-5-2-6-10-24;1-5-3-2-4/h1-19H;1-19H;3H2. The summed E-state index contributed by atoms with van der Waals surface area (Å²) in [5.41, 5.74) is 11.3. The average Bonchev–Trinajstić information content (AvgIpc) is 4.05. The maximum Gasteiger partial charge on any atom is 0.298 e. The zero-order valence-corrected chi connectivity index (χ0v) is 37.1. The summed E-state index contributed by atoms with van der Waals surface area (Å²) in [5.74, 6) is 1.54. The number of carbonyl (C=O) groups is 1. The van der Waals surface area contributed by atoms with E-state index in [4.69, 9.17) is 31.2 Å². The number of anilines is 6. The number of hydrogen-bond donors (Lipinski definition) is 0. The monoisotopic (exact) mass is 892 g/mol. The fraction of sp³-hybridized carbons (Fsp3) is 0.0167. The van der Waals surface area contributed by atoms with Crippen LogP contribution in [-0.4, -0.2) is 12.8 Å². The number of para-hydroxylation sites is 4. The van der Waals surface area contributed by atoms with Gasteiger partial charge in [-0.05, 0) is 133 Å². The van der Waals surface area contributed by atoms with Crippen molar-refractivity contribution in [3.05, 3.63) is 247 Å². The van der Waals surface area contributed by atoms with E-state index in [1.165, 1.54) is 0 Å². The Balaban J connectivity index is 0.000000171. The zero-order chi connectivity index (χ0) is 47.8. The van der Waals surface area contributed by atoms with Gasteiger partial charge < -0.3 is 23.5 Å². The second-order valence-corrected chi connectivity index (χ2v) is 15.3. The Morgan fingerprint density at radius 1 is 0.478 bits per heavy atom. The van der Waals surface area contributed by atoms with Crippen LogP contribution in [0, 0.1) is 40.6 Å². The third kappa shape index (κ3) is 11.0. The van der Waals surface area contributed by atoms with Crippen LogP contribution in [0.2, 0.25) is 0 Å². The molecule has 10 aromatic rings. The number of aldehydes is 1. The Bertz CT molecular complexity index is 3410. The van der Waals surface area contributed by atoms with Crippen molar-refractivity contribution in [1.82, 2.24) is 0 Å². The van der Waals surface area contributed by atoms with Crippen molar-refractivity contribution in [2.75, 3.05) is 16.3 Å². The fourth-order valence-corrected chi connectivity index (χ4v) is 7.59. The summed E-state index contributed by atoms with van der Waals surface area (Å²) in [5, 5.41) is 27.5. The first-order valence-electron chi connectivity index (χ1n) is 21.7. The van der Waals surface area contributed by atoms with Crippen LogP contribution in [0.3, 0.4) is 0 Å². The van der Waals surface area contributed by atoms with Crippen LogP contribution in [0.1, 0.15) is 15.9 Å². The molecule has 8 aromatic carbocycles. The van der Waals surface area contributed by atoms with Crippen LogP contribution < -0.4 is 9.80 Å². The molecule has 9 nitrogen and oxygen atoms in total. The van der Waals surface area contributed by atoms with Gasteiger partial charge in [0.15, 0.2) is 0 Å². The molecule has 0 saturated carbocycles. The van der Waals surface area contributed by atoms with E-state index in [0.29, 0.717) is 16.7 Å². The lowest BCUT2D eigenvalue weighted by Crippen LogP contribution is -2.09. The minimum atomic E-state index is -0.0139. The van der Waals surface area contributed by atoms with Gasteiger partial charge in [-0.25, -0.2) is 6.57 Å². The van der Waals surface area contributed by atoms with Gasteiger partial charge in [0.1, 0.15) is 52.8 Å². The molecule has 0 spiro atoms. The first-order chi connectivity index (χ1) is 34.0. The first kappa shape index (κ1) is 45.4. The average molecular weight is 893 g/mol. The second-order valence-electron chi connectivity index (χ2n) is 15.3. The summed E-state index contributed by atoms with van der Waals surface area (Å²) < 4.78 is 12.1. The Hall–Kier alpha value is -10.2. The van der Waals surface area contributed by atoms with Gasteiger partial charge in [-0.1, -0.05) is 97.1 Å². The quantitative estimate of drug-likeness (QED) is 0.0575. The van der Waals surface area contributed by atoms with E-state index < -0.39 is 0 Å². The minimum Gasteiger partial charge on any atom is -0.456 e. The summed E-state index contributed by atoms with van der Waals surface area (Å²) in [6.45, 7) is 5.99. The fourth-order valence-electron chi connectivity index (χ4n) is 7.59. The lowest BCUT2D eigenvalue weighted by atomic mass is 10.1. The van der Waals surface area contributed by atoms with Crippen molar-refractivity contribution in [1.29, 1.82) is 15.8 Å². The number of allylic oxidation sites excluding steroid dienone is 1. The largest absolute Gasteiger partial charge is 0.456 e. The maximum absolute atomic E-state index is 11.0. The summed E-state index contributed by atoms with van der Waals surface area (Å²) in [6, 6.07) is 78.3. The number of carbonyl (C=O) groups excluding carboxylic acids is 1. The number of rotatable bonds is 10. The molecule has 0 aliphatic heterocycles. The van der Waals surface area contributed by atoms with E-state index in [0.717, 1.165) is 79.4 Å². The molecular formula is C60H40N6O3. The molecule has 2 heterocycles. The van der Waals surface area contributed by atoms with Crippen LogP contribution in [0.4, 0.5) is 34.1 Å². The van der Waals surface area contributed by atoms with E-state index in [9.17, 15) is 4.79 Å². The highest BCUT2D eigenvalue weighted by atomic mass is 16.3. The molecule has 9 heteroatoms. The summed E-state index contributed by atoms with van der Waals surface area (Å²) in [7, 11) is 0. The van der Waals surface area contributed by atoms with Crippen molar-refractivity contribution >= 4 is 68.4 Å². The Morgan fingerprint density at radius 2 is 0.841 bits per heavy atom. The number of nitriles is 3. The van der Waals surface area contributed by atoms with Crippen LogP contribution in [-0.2, 0) is 0 Å². The summed E-state index contributed by atoms with van der Waals surface area (Å²) >= 11 is 0. The molecule has 0 amide bonds. The predicted molar refractivity (Wildman–Crippen MR) is 274 cm³/mol. The van der Waals surface area contributed by atoms with E-state index in [1.54, 1.807) is 24.3 Å². The van der Waals surface area contributed by atoms with Crippen molar-refractivity contribution in [2.45, 2.75) is 0 Å². The smallest absolute Gasteiger partial charge is 0.298 e. The van der Waals surface area contributed by atoms with Crippen LogP contribution >= 0.6 is 0 Å². The van der Waals surface area contributed by atoms with Crippen LogP contribution in [0.15, 0.2) is 233 Å². The highest BCUT2D eigenvalue weighted by Gasteiger charge is 2.15. The van der Waals surface area contributed by atoms with Gasteiger partial charge >= 0.3 is 0 Å². The maximum atomic E-state index is 11.0. The molecule has 10 rings (SSSR count). The molecule has 0 atom stereocenters. The molecule has 0 unspecified atom stereocenters. The first-order valence-corrected chi connectivity index (χ1v) is 21.7. The number of hydrogen-bond acceptors (Lipinski definition) is 8. The van der Waals surface area contributed by atoms with Crippen molar-refractivity contribution < 1.29 is 13.6 Å². The topological polar surface area (TPSA) is 126 Å². The Labute approximate surface area is 399 Å². The van der Waals surface area contributed by atoms with E-state index in [-0.39, 0.29) is 12.1 Å². The van der Waals surface area contributed by atoms with Crippen molar-refractivity contribution in [2.24, 2.45) is 0 Å². The van der Waals surface area contributed by atoms with Crippen LogP contribution in [0.5, 0.6) is 0 Å². The van der Waals surface area contributed by atoms with Gasteiger partial charge in [-0.2, -0.15) is 15.8 Å². The molecule has 0 radical (unpaired) electrons. The SMILES string of the molecule is N#CC(C#N)=Cc1ccc2cc(-c3ccc(N(c4ccccc4)c4ccccc4)cc3)oc2c1.O=Cc1ccc2cc(-c3ccc(N(c4ccccc4)c4ccccc4)cc3)oc2c1.[C-]#[N+]CC#N.